The Balaban J connectivity index is 1.90. The molecule has 2 N–H and O–H groups in total. The number of guanidine groups is 1. The summed E-state index contributed by atoms with van der Waals surface area (Å²) in [7, 11) is 0. The van der Waals surface area contributed by atoms with Crippen LogP contribution in [0, 0.1) is 13.8 Å². The first-order valence-electron chi connectivity index (χ1n) is 6.87. The molecule has 1 aliphatic rings. The smallest absolute Gasteiger partial charge is 0.197 e. The molecular formula is C17H19N3. The van der Waals surface area contributed by atoms with Gasteiger partial charge in [-0.15, -0.1) is 0 Å². The van der Waals surface area contributed by atoms with Crippen molar-refractivity contribution in [2.24, 2.45) is 10.7 Å². The lowest BCUT2D eigenvalue weighted by Crippen LogP contribution is -2.38. The molecule has 0 amide bonds. The van der Waals surface area contributed by atoms with Crippen LogP contribution in [0.3, 0.4) is 0 Å². The lowest BCUT2D eigenvalue weighted by molar-refractivity contribution is 0.394. The van der Waals surface area contributed by atoms with Gasteiger partial charge in [0, 0.05) is 13.1 Å². The Kier molecular flexibility index (Phi) is 3.18. The van der Waals surface area contributed by atoms with Gasteiger partial charge in [0.25, 0.3) is 0 Å². The number of hydrogen-bond donors (Lipinski definition) is 1. The second-order valence-corrected chi connectivity index (χ2v) is 5.33. The van der Waals surface area contributed by atoms with Gasteiger partial charge >= 0.3 is 0 Å². The fourth-order valence-electron chi connectivity index (χ4n) is 2.66. The van der Waals surface area contributed by atoms with Crippen LogP contribution in [-0.4, -0.2) is 10.9 Å². The molecule has 2 aromatic carbocycles. The van der Waals surface area contributed by atoms with Gasteiger partial charge in [-0.1, -0.05) is 36.4 Å². The van der Waals surface area contributed by atoms with E-state index >= 15 is 0 Å². The Morgan fingerprint density at radius 2 is 1.75 bits per heavy atom. The van der Waals surface area contributed by atoms with Crippen LogP contribution in [0.25, 0.3) is 0 Å². The Labute approximate surface area is 119 Å². The fraction of sp³-hybridized carbons (Fsp3) is 0.235. The van der Waals surface area contributed by atoms with Crippen molar-refractivity contribution in [2.45, 2.75) is 26.9 Å². The molecule has 2 aromatic rings. The number of benzene rings is 2. The Morgan fingerprint density at radius 1 is 1.05 bits per heavy atom. The summed E-state index contributed by atoms with van der Waals surface area (Å²) in [5.74, 6) is 0.603. The first-order valence-corrected chi connectivity index (χ1v) is 6.87. The van der Waals surface area contributed by atoms with Gasteiger partial charge in [-0.2, -0.15) is 0 Å². The predicted molar refractivity (Wildman–Crippen MR) is 82.9 cm³/mol. The highest BCUT2D eigenvalue weighted by atomic mass is 15.3. The number of aliphatic imine (C=N–C) groups is 1. The molecule has 0 unspecified atom stereocenters. The summed E-state index contributed by atoms with van der Waals surface area (Å²) in [5, 5.41) is 0. The quantitative estimate of drug-likeness (QED) is 0.905. The number of nitrogens with zero attached hydrogens (tertiary/aromatic N) is 2. The highest BCUT2D eigenvalue weighted by Gasteiger charge is 2.18. The van der Waals surface area contributed by atoms with E-state index in [0.717, 1.165) is 18.8 Å². The van der Waals surface area contributed by atoms with Crippen LogP contribution >= 0.6 is 0 Å². The maximum Gasteiger partial charge on any atom is 0.197 e. The number of nitrogens with two attached hydrogens (primary N) is 1. The van der Waals surface area contributed by atoms with Crippen molar-refractivity contribution >= 4 is 11.6 Å². The second-order valence-electron chi connectivity index (χ2n) is 5.33. The lowest BCUT2D eigenvalue weighted by atomic mass is 10.0. The molecule has 20 heavy (non-hydrogen) atoms. The third kappa shape index (κ3) is 2.27. The summed E-state index contributed by atoms with van der Waals surface area (Å²) >= 11 is 0. The summed E-state index contributed by atoms with van der Waals surface area (Å²) in [5.41, 5.74) is 12.3. The summed E-state index contributed by atoms with van der Waals surface area (Å²) in [6.07, 6.45) is 0. The molecule has 0 saturated heterocycles. The number of fused-ring (bicyclic) bond motifs is 1. The van der Waals surface area contributed by atoms with Gasteiger partial charge in [-0.25, -0.2) is 4.99 Å². The molecule has 0 saturated carbocycles. The van der Waals surface area contributed by atoms with Gasteiger partial charge in [-0.05, 0) is 42.2 Å². The van der Waals surface area contributed by atoms with Crippen LogP contribution < -0.4 is 5.73 Å². The normalized spacial score (nSPS) is 13.9. The van der Waals surface area contributed by atoms with E-state index in [4.69, 9.17) is 5.73 Å². The average Bonchev–Trinajstić information content (AvgIpc) is 2.43. The molecule has 1 aliphatic heterocycles. The average molecular weight is 265 g/mol. The molecular weight excluding hydrogens is 246 g/mol. The molecule has 0 aliphatic carbocycles. The highest BCUT2D eigenvalue weighted by molar-refractivity contribution is 5.83. The molecule has 102 valence electrons. The van der Waals surface area contributed by atoms with E-state index in [2.05, 4.69) is 48.0 Å². The van der Waals surface area contributed by atoms with Crippen LogP contribution in [0.5, 0.6) is 0 Å². The first kappa shape index (κ1) is 12.7. The summed E-state index contributed by atoms with van der Waals surface area (Å²) in [6, 6.07) is 14.6. The van der Waals surface area contributed by atoms with E-state index in [9.17, 15) is 0 Å². The van der Waals surface area contributed by atoms with Crippen molar-refractivity contribution in [1.29, 1.82) is 0 Å². The Morgan fingerprint density at radius 3 is 2.50 bits per heavy atom. The van der Waals surface area contributed by atoms with Crippen LogP contribution in [0.15, 0.2) is 47.5 Å². The van der Waals surface area contributed by atoms with Crippen molar-refractivity contribution in [3.05, 3.63) is 64.7 Å². The number of para-hydroxylation sites is 1. The van der Waals surface area contributed by atoms with Gasteiger partial charge in [0.05, 0.1) is 5.69 Å². The Hall–Kier alpha value is -2.29. The van der Waals surface area contributed by atoms with E-state index in [-0.39, 0.29) is 0 Å². The highest BCUT2D eigenvalue weighted by Crippen LogP contribution is 2.26. The SMILES string of the molecule is Cc1cccc(C)c1CN1Cc2ccccc2N=C1N. The molecule has 3 rings (SSSR count). The van der Waals surface area contributed by atoms with Crippen LogP contribution in [0.1, 0.15) is 22.3 Å². The minimum absolute atomic E-state index is 0.603. The lowest BCUT2D eigenvalue weighted by Gasteiger charge is -2.29. The van der Waals surface area contributed by atoms with Gasteiger partial charge in [0.1, 0.15) is 0 Å². The van der Waals surface area contributed by atoms with Crippen molar-refractivity contribution in [3.8, 4) is 0 Å². The maximum absolute atomic E-state index is 6.12. The summed E-state index contributed by atoms with van der Waals surface area (Å²) in [6.45, 7) is 5.92. The summed E-state index contributed by atoms with van der Waals surface area (Å²) < 4.78 is 0. The Bertz CT molecular complexity index is 653. The van der Waals surface area contributed by atoms with Crippen LogP contribution in [0.4, 0.5) is 5.69 Å². The molecule has 3 nitrogen and oxygen atoms in total. The van der Waals surface area contributed by atoms with Gasteiger partial charge in [0.2, 0.25) is 0 Å². The number of hydrogen-bond acceptors (Lipinski definition) is 3. The molecule has 0 radical (unpaired) electrons. The fourth-order valence-corrected chi connectivity index (χ4v) is 2.66. The molecule has 3 heteroatoms. The molecule has 0 spiro atoms. The van der Waals surface area contributed by atoms with Crippen molar-refractivity contribution in [2.75, 3.05) is 0 Å². The van der Waals surface area contributed by atoms with E-state index in [1.807, 2.05) is 18.2 Å². The topological polar surface area (TPSA) is 41.6 Å². The predicted octanol–water partition coefficient (Wildman–Crippen LogP) is 3.27. The molecule has 0 aromatic heterocycles. The standard InChI is InChI=1S/C17H19N3/c1-12-6-5-7-13(2)15(12)11-20-10-14-8-3-4-9-16(14)19-17(20)18/h3-9H,10-11H2,1-2H3,(H2,18,19). The van der Waals surface area contributed by atoms with Crippen LogP contribution in [0.2, 0.25) is 0 Å². The third-order valence-corrected chi connectivity index (χ3v) is 3.91. The second kappa shape index (κ2) is 5.00. The molecule has 0 fully saturated rings. The minimum atomic E-state index is 0.603. The first-order chi connectivity index (χ1) is 9.65. The zero-order chi connectivity index (χ0) is 14.1. The van der Waals surface area contributed by atoms with Gasteiger partial charge in [-0.3, -0.25) is 0 Å². The minimum Gasteiger partial charge on any atom is -0.369 e. The monoisotopic (exact) mass is 265 g/mol. The molecule has 1 heterocycles. The number of aryl methyl sites for hydroxylation is 2. The molecule has 0 bridgehead atoms. The largest absolute Gasteiger partial charge is 0.369 e. The molecule has 0 atom stereocenters. The van der Waals surface area contributed by atoms with Crippen molar-refractivity contribution in [1.82, 2.24) is 4.90 Å². The van der Waals surface area contributed by atoms with E-state index in [1.165, 1.54) is 22.3 Å². The van der Waals surface area contributed by atoms with E-state index in [0.29, 0.717) is 5.96 Å². The van der Waals surface area contributed by atoms with E-state index in [1.54, 1.807) is 0 Å². The summed E-state index contributed by atoms with van der Waals surface area (Å²) in [4.78, 5) is 6.64. The van der Waals surface area contributed by atoms with Gasteiger partial charge < -0.3 is 10.6 Å². The zero-order valence-electron chi connectivity index (χ0n) is 11.9. The number of rotatable bonds is 2. The van der Waals surface area contributed by atoms with Crippen molar-refractivity contribution in [3.63, 3.8) is 0 Å². The van der Waals surface area contributed by atoms with Crippen molar-refractivity contribution < 1.29 is 0 Å². The van der Waals surface area contributed by atoms with E-state index < -0.39 is 0 Å². The van der Waals surface area contributed by atoms with Gasteiger partial charge in [0.15, 0.2) is 5.96 Å². The zero-order valence-corrected chi connectivity index (χ0v) is 11.9. The van der Waals surface area contributed by atoms with Crippen LogP contribution in [-0.2, 0) is 13.1 Å². The third-order valence-electron chi connectivity index (χ3n) is 3.91. The maximum atomic E-state index is 6.12.